The minimum atomic E-state index is -0.440. The number of hydrogen-bond donors (Lipinski definition) is 1. The highest BCUT2D eigenvalue weighted by molar-refractivity contribution is 6.31. The number of hydrogen-bond acceptors (Lipinski definition) is 4. The Morgan fingerprint density at radius 1 is 1.30 bits per heavy atom. The van der Waals surface area contributed by atoms with Gasteiger partial charge in [0.2, 0.25) is 0 Å². The molecule has 6 heteroatoms. The number of hydrazone groups is 1. The molecule has 0 aliphatic carbocycles. The Labute approximate surface area is 121 Å². The van der Waals surface area contributed by atoms with Crippen LogP contribution in [0.5, 0.6) is 0 Å². The Bertz CT molecular complexity index is 671. The van der Waals surface area contributed by atoms with Crippen LogP contribution in [0, 0.1) is 17.0 Å². The summed E-state index contributed by atoms with van der Waals surface area (Å²) < 4.78 is 0. The number of aryl methyl sites for hydroxylation is 1. The van der Waals surface area contributed by atoms with Gasteiger partial charge in [-0.1, -0.05) is 29.8 Å². The standard InChI is InChI=1S/C14H12ClN3O2/c1-10-6-7-12(8-13(10)15)17-16-9-11-4-2-3-5-14(11)18(19)20/h2-9,17H,1H3/b16-9+. The maximum absolute atomic E-state index is 10.8. The zero-order valence-electron chi connectivity index (χ0n) is 10.7. The first-order valence-corrected chi connectivity index (χ1v) is 6.24. The Kier molecular flexibility index (Phi) is 4.32. The van der Waals surface area contributed by atoms with Gasteiger partial charge in [0.25, 0.3) is 5.69 Å². The minimum absolute atomic E-state index is 0.0139. The van der Waals surface area contributed by atoms with Crippen molar-refractivity contribution in [3.05, 3.63) is 68.7 Å². The lowest BCUT2D eigenvalue weighted by molar-refractivity contribution is -0.385. The molecule has 102 valence electrons. The van der Waals surface area contributed by atoms with Crippen molar-refractivity contribution in [2.75, 3.05) is 5.43 Å². The Hall–Kier alpha value is -2.40. The first-order chi connectivity index (χ1) is 9.58. The number of rotatable bonds is 4. The van der Waals surface area contributed by atoms with Crippen LogP contribution in [0.25, 0.3) is 0 Å². The number of para-hydroxylation sites is 1. The van der Waals surface area contributed by atoms with E-state index >= 15 is 0 Å². The maximum Gasteiger partial charge on any atom is 0.278 e. The van der Waals surface area contributed by atoms with Crippen LogP contribution in [0.1, 0.15) is 11.1 Å². The van der Waals surface area contributed by atoms with Crippen LogP contribution in [-0.4, -0.2) is 11.1 Å². The average molecular weight is 290 g/mol. The molecule has 2 aromatic carbocycles. The zero-order chi connectivity index (χ0) is 14.5. The second-order valence-electron chi connectivity index (χ2n) is 4.15. The van der Waals surface area contributed by atoms with Crippen LogP contribution >= 0.6 is 11.6 Å². The molecule has 0 heterocycles. The summed E-state index contributed by atoms with van der Waals surface area (Å²) in [6, 6.07) is 11.8. The molecule has 0 saturated carbocycles. The number of halogens is 1. The molecular formula is C14H12ClN3O2. The molecule has 0 spiro atoms. The highest BCUT2D eigenvalue weighted by atomic mass is 35.5. The Morgan fingerprint density at radius 2 is 2.05 bits per heavy atom. The van der Waals surface area contributed by atoms with Crippen LogP contribution < -0.4 is 5.43 Å². The van der Waals surface area contributed by atoms with E-state index in [1.54, 1.807) is 24.3 Å². The van der Waals surface area contributed by atoms with Crippen molar-refractivity contribution in [1.29, 1.82) is 0 Å². The highest BCUT2D eigenvalue weighted by Crippen LogP contribution is 2.20. The van der Waals surface area contributed by atoms with Gasteiger partial charge in [-0.15, -0.1) is 0 Å². The van der Waals surface area contributed by atoms with Gasteiger partial charge in [-0.2, -0.15) is 5.10 Å². The fraction of sp³-hybridized carbons (Fsp3) is 0.0714. The molecule has 0 bridgehead atoms. The summed E-state index contributed by atoms with van der Waals surface area (Å²) in [4.78, 5) is 10.4. The maximum atomic E-state index is 10.8. The van der Waals surface area contributed by atoms with E-state index in [9.17, 15) is 10.1 Å². The lowest BCUT2D eigenvalue weighted by Crippen LogP contribution is -1.96. The molecule has 0 fully saturated rings. The van der Waals surface area contributed by atoms with Gasteiger partial charge in [0.15, 0.2) is 0 Å². The van der Waals surface area contributed by atoms with Gasteiger partial charge in [0.1, 0.15) is 0 Å². The van der Waals surface area contributed by atoms with Crippen molar-refractivity contribution in [1.82, 2.24) is 0 Å². The van der Waals surface area contributed by atoms with Crippen LogP contribution in [0.4, 0.5) is 11.4 Å². The van der Waals surface area contributed by atoms with Crippen LogP contribution in [-0.2, 0) is 0 Å². The Morgan fingerprint density at radius 3 is 2.75 bits per heavy atom. The first-order valence-electron chi connectivity index (χ1n) is 5.86. The molecule has 0 unspecified atom stereocenters. The molecule has 0 aliphatic heterocycles. The lowest BCUT2D eigenvalue weighted by Gasteiger charge is -2.03. The van der Waals surface area contributed by atoms with Gasteiger partial charge < -0.3 is 0 Å². The molecular weight excluding hydrogens is 278 g/mol. The number of anilines is 1. The zero-order valence-corrected chi connectivity index (χ0v) is 11.5. The van der Waals surface area contributed by atoms with Crippen molar-refractivity contribution < 1.29 is 4.92 Å². The summed E-state index contributed by atoms with van der Waals surface area (Å²) in [5.74, 6) is 0. The van der Waals surface area contributed by atoms with Crippen molar-refractivity contribution in [3.63, 3.8) is 0 Å². The summed E-state index contributed by atoms with van der Waals surface area (Å²) in [6.07, 6.45) is 1.41. The lowest BCUT2D eigenvalue weighted by atomic mass is 10.2. The normalized spacial score (nSPS) is 10.7. The van der Waals surface area contributed by atoms with E-state index in [0.717, 1.165) is 11.3 Å². The van der Waals surface area contributed by atoms with Gasteiger partial charge in [0, 0.05) is 11.1 Å². The molecule has 0 aliphatic rings. The van der Waals surface area contributed by atoms with Crippen LogP contribution in [0.3, 0.4) is 0 Å². The van der Waals surface area contributed by atoms with Gasteiger partial charge >= 0.3 is 0 Å². The number of nitrogens with one attached hydrogen (secondary N) is 1. The summed E-state index contributed by atoms with van der Waals surface area (Å²) >= 11 is 6.00. The predicted octanol–water partition coefficient (Wildman–Crippen LogP) is 4.00. The van der Waals surface area contributed by atoms with Crippen molar-refractivity contribution in [3.8, 4) is 0 Å². The number of nitro benzene ring substituents is 1. The Balaban J connectivity index is 2.14. The predicted molar refractivity (Wildman–Crippen MR) is 80.5 cm³/mol. The third-order valence-electron chi connectivity index (χ3n) is 2.70. The fourth-order valence-electron chi connectivity index (χ4n) is 1.60. The van der Waals surface area contributed by atoms with E-state index in [0.29, 0.717) is 10.6 Å². The van der Waals surface area contributed by atoms with Gasteiger partial charge in [0.05, 0.1) is 22.4 Å². The molecule has 20 heavy (non-hydrogen) atoms. The molecule has 2 aromatic rings. The highest BCUT2D eigenvalue weighted by Gasteiger charge is 2.09. The number of benzene rings is 2. The molecule has 1 N–H and O–H groups in total. The summed E-state index contributed by atoms with van der Waals surface area (Å²) in [7, 11) is 0. The van der Waals surface area contributed by atoms with Crippen LogP contribution in [0.2, 0.25) is 5.02 Å². The largest absolute Gasteiger partial charge is 0.278 e. The SMILES string of the molecule is Cc1ccc(N/N=C/c2ccccc2[N+](=O)[O-])cc1Cl. The quantitative estimate of drug-likeness (QED) is 0.525. The third-order valence-corrected chi connectivity index (χ3v) is 3.11. The minimum Gasteiger partial charge on any atom is -0.278 e. The van der Waals surface area contributed by atoms with E-state index < -0.39 is 4.92 Å². The molecule has 5 nitrogen and oxygen atoms in total. The van der Waals surface area contributed by atoms with Crippen molar-refractivity contribution in [2.24, 2.45) is 5.10 Å². The molecule has 2 rings (SSSR count). The second kappa shape index (κ2) is 6.16. The number of nitrogens with zero attached hydrogens (tertiary/aromatic N) is 2. The second-order valence-corrected chi connectivity index (χ2v) is 4.56. The molecule has 0 amide bonds. The molecule has 0 saturated heterocycles. The topological polar surface area (TPSA) is 67.5 Å². The fourth-order valence-corrected chi connectivity index (χ4v) is 1.78. The molecule has 0 aromatic heterocycles. The van der Waals surface area contributed by atoms with Gasteiger partial charge in [-0.25, -0.2) is 0 Å². The van der Waals surface area contributed by atoms with Gasteiger partial charge in [-0.05, 0) is 30.7 Å². The summed E-state index contributed by atoms with van der Waals surface area (Å²) in [6.45, 7) is 1.91. The molecule has 0 radical (unpaired) electrons. The van der Waals surface area contributed by atoms with E-state index in [1.807, 2.05) is 19.1 Å². The van der Waals surface area contributed by atoms with E-state index in [4.69, 9.17) is 11.6 Å². The monoisotopic (exact) mass is 289 g/mol. The van der Waals surface area contributed by atoms with E-state index in [2.05, 4.69) is 10.5 Å². The first kappa shape index (κ1) is 14.0. The number of nitro groups is 1. The van der Waals surface area contributed by atoms with Crippen LogP contribution in [0.15, 0.2) is 47.6 Å². The van der Waals surface area contributed by atoms with E-state index in [-0.39, 0.29) is 5.69 Å². The average Bonchev–Trinajstić information content (AvgIpc) is 2.43. The smallest absolute Gasteiger partial charge is 0.278 e. The van der Waals surface area contributed by atoms with Crippen molar-refractivity contribution in [2.45, 2.75) is 6.92 Å². The van der Waals surface area contributed by atoms with E-state index in [1.165, 1.54) is 12.3 Å². The summed E-state index contributed by atoms with van der Waals surface area (Å²) in [5.41, 5.74) is 4.93. The van der Waals surface area contributed by atoms with Gasteiger partial charge in [-0.3, -0.25) is 15.5 Å². The third kappa shape index (κ3) is 3.33. The van der Waals surface area contributed by atoms with Crippen molar-refractivity contribution >= 4 is 29.2 Å². The molecule has 0 atom stereocenters. The summed E-state index contributed by atoms with van der Waals surface area (Å²) in [5, 5.41) is 15.5.